The van der Waals surface area contributed by atoms with Gasteiger partial charge >= 0.3 is 0 Å². The summed E-state index contributed by atoms with van der Waals surface area (Å²) in [6.45, 7) is 2.63. The van der Waals surface area contributed by atoms with Gasteiger partial charge in [0.2, 0.25) is 20.4 Å². The van der Waals surface area contributed by atoms with Gasteiger partial charge in [-0.1, -0.05) is 47.0 Å². The summed E-state index contributed by atoms with van der Waals surface area (Å²) in [6, 6.07) is 0. The summed E-state index contributed by atoms with van der Waals surface area (Å²) in [5.74, 6) is 0. The normalized spacial score (nSPS) is 28.2. The second-order valence-electron chi connectivity index (χ2n) is 3.75. The minimum Gasteiger partial charge on any atom is -0.480 e. The first kappa shape index (κ1) is 11.9. The number of hydrogen-bond donors (Lipinski definition) is 0. The summed E-state index contributed by atoms with van der Waals surface area (Å²) in [4.78, 5) is 0. The van der Waals surface area contributed by atoms with Crippen LogP contribution in [-0.2, 0) is 18.9 Å². The number of thioether (sulfide) groups is 4. The first-order chi connectivity index (χ1) is 8.90. The molecule has 0 aromatic carbocycles. The lowest BCUT2D eigenvalue weighted by molar-refractivity contribution is 0.0949. The lowest BCUT2D eigenvalue weighted by Gasteiger charge is -2.14. The molecule has 4 rings (SSSR count). The molecule has 8 heteroatoms. The molecule has 0 saturated heterocycles. The average Bonchev–Trinajstić information content (AvgIpc) is 3.02. The van der Waals surface area contributed by atoms with Gasteiger partial charge in [0.1, 0.15) is 26.4 Å². The fourth-order valence-corrected chi connectivity index (χ4v) is 7.65. The Hall–Kier alpha value is 0.0800. The van der Waals surface area contributed by atoms with Crippen LogP contribution in [0.3, 0.4) is 0 Å². The Bertz CT molecular complexity index is 360. The average molecular weight is 322 g/mol. The predicted octanol–water partition coefficient (Wildman–Crippen LogP) is 2.95. The Kier molecular flexibility index (Phi) is 3.22. The van der Waals surface area contributed by atoms with E-state index in [0.717, 1.165) is 20.4 Å². The largest absolute Gasteiger partial charge is 0.480 e. The molecule has 0 amide bonds. The smallest absolute Gasteiger partial charge is 0.204 e. The topological polar surface area (TPSA) is 36.9 Å². The van der Waals surface area contributed by atoms with Gasteiger partial charge < -0.3 is 18.9 Å². The second-order valence-corrected chi connectivity index (χ2v) is 8.81. The van der Waals surface area contributed by atoms with E-state index in [4.69, 9.17) is 18.9 Å². The molecule has 0 aromatic rings. The standard InChI is InChI=1S/C10H10O4S4/c1-2-12-6-5(11-1)15-9(16-6)10-17-7-8(18-10)14-4-3-13-7/h9-10H,1-4H2. The molecule has 4 nitrogen and oxygen atoms in total. The molecule has 0 saturated carbocycles. The molecule has 98 valence electrons. The van der Waals surface area contributed by atoms with Gasteiger partial charge in [-0.05, 0) is 0 Å². The van der Waals surface area contributed by atoms with Crippen molar-refractivity contribution >= 4 is 47.0 Å². The van der Waals surface area contributed by atoms with Gasteiger partial charge in [-0.25, -0.2) is 0 Å². The highest BCUT2D eigenvalue weighted by Gasteiger charge is 2.42. The Labute approximate surface area is 122 Å². The lowest BCUT2D eigenvalue weighted by atomic mass is 10.7. The van der Waals surface area contributed by atoms with E-state index < -0.39 is 0 Å². The SMILES string of the molecule is C1COC2=C(O1)SC(C1SC3=C(OCCO3)S1)S2. The lowest BCUT2D eigenvalue weighted by Crippen LogP contribution is -2.08. The second kappa shape index (κ2) is 4.88. The molecule has 0 fully saturated rings. The van der Waals surface area contributed by atoms with Crippen molar-refractivity contribution < 1.29 is 18.9 Å². The van der Waals surface area contributed by atoms with Crippen LogP contribution < -0.4 is 0 Å². The van der Waals surface area contributed by atoms with Crippen LogP contribution in [0.1, 0.15) is 0 Å². The van der Waals surface area contributed by atoms with E-state index >= 15 is 0 Å². The van der Waals surface area contributed by atoms with Gasteiger partial charge in [-0.2, -0.15) is 0 Å². The maximum Gasteiger partial charge on any atom is 0.204 e. The summed E-state index contributed by atoms with van der Waals surface area (Å²) in [5, 5.41) is 3.79. The third-order valence-corrected chi connectivity index (χ3v) is 8.74. The van der Waals surface area contributed by atoms with Gasteiger partial charge in [0.25, 0.3) is 0 Å². The molecule has 0 aromatic heterocycles. The van der Waals surface area contributed by atoms with Crippen LogP contribution in [0.5, 0.6) is 0 Å². The van der Waals surface area contributed by atoms with Gasteiger partial charge in [-0.15, -0.1) is 0 Å². The maximum absolute atomic E-state index is 5.61. The summed E-state index contributed by atoms with van der Waals surface area (Å²) >= 11 is 7.01. The van der Waals surface area contributed by atoms with Gasteiger partial charge in [-0.3, -0.25) is 0 Å². The predicted molar refractivity (Wildman–Crippen MR) is 75.8 cm³/mol. The van der Waals surface area contributed by atoms with E-state index in [2.05, 4.69) is 0 Å². The Morgan fingerprint density at radius 3 is 1.11 bits per heavy atom. The molecule has 4 heterocycles. The van der Waals surface area contributed by atoms with Crippen LogP contribution in [-0.4, -0.2) is 35.6 Å². The van der Waals surface area contributed by atoms with Crippen LogP contribution in [0.4, 0.5) is 0 Å². The molecular formula is C10H10O4S4. The fourth-order valence-electron chi connectivity index (χ4n) is 1.79. The molecule has 0 spiro atoms. The zero-order valence-corrected chi connectivity index (χ0v) is 12.5. The maximum atomic E-state index is 5.61. The monoisotopic (exact) mass is 322 g/mol. The van der Waals surface area contributed by atoms with E-state index in [0.29, 0.717) is 35.6 Å². The van der Waals surface area contributed by atoms with E-state index in [1.807, 2.05) is 0 Å². The van der Waals surface area contributed by atoms with E-state index in [1.54, 1.807) is 47.0 Å². The molecular weight excluding hydrogens is 312 g/mol. The Morgan fingerprint density at radius 1 is 0.556 bits per heavy atom. The van der Waals surface area contributed by atoms with Crippen LogP contribution in [0, 0.1) is 0 Å². The molecule has 18 heavy (non-hydrogen) atoms. The molecule has 4 aliphatic heterocycles. The third kappa shape index (κ3) is 2.07. The summed E-state index contributed by atoms with van der Waals surface area (Å²) in [6.07, 6.45) is 0. The molecule has 0 radical (unpaired) electrons. The highest BCUT2D eigenvalue weighted by molar-refractivity contribution is 8.29. The number of ether oxygens (including phenoxy) is 4. The van der Waals surface area contributed by atoms with Gasteiger partial charge in [0.15, 0.2) is 0 Å². The van der Waals surface area contributed by atoms with Crippen molar-refractivity contribution in [3.63, 3.8) is 0 Å². The minimum absolute atomic E-state index is 0.390. The molecule has 4 aliphatic rings. The first-order valence-electron chi connectivity index (χ1n) is 5.56. The summed E-state index contributed by atoms with van der Waals surface area (Å²) < 4.78 is 23.2. The van der Waals surface area contributed by atoms with Crippen molar-refractivity contribution in [2.45, 2.75) is 9.16 Å². The highest BCUT2D eigenvalue weighted by Crippen LogP contribution is 2.59. The van der Waals surface area contributed by atoms with Crippen LogP contribution in [0.25, 0.3) is 0 Å². The van der Waals surface area contributed by atoms with Gasteiger partial charge in [0.05, 0.1) is 9.16 Å². The van der Waals surface area contributed by atoms with Crippen molar-refractivity contribution in [3.05, 3.63) is 20.4 Å². The third-order valence-electron chi connectivity index (χ3n) is 2.55. The Balaban J connectivity index is 1.42. The molecule has 0 N–H and O–H groups in total. The van der Waals surface area contributed by atoms with Crippen molar-refractivity contribution in [1.29, 1.82) is 0 Å². The Morgan fingerprint density at radius 2 is 0.833 bits per heavy atom. The van der Waals surface area contributed by atoms with Crippen molar-refractivity contribution in [2.24, 2.45) is 0 Å². The summed E-state index contributed by atoms with van der Waals surface area (Å²) in [7, 11) is 0. The van der Waals surface area contributed by atoms with E-state index in [9.17, 15) is 0 Å². The molecule has 0 unspecified atom stereocenters. The van der Waals surface area contributed by atoms with Crippen molar-refractivity contribution in [2.75, 3.05) is 26.4 Å². The van der Waals surface area contributed by atoms with E-state index in [-0.39, 0.29) is 0 Å². The quantitative estimate of drug-likeness (QED) is 0.729. The molecule has 0 atom stereocenters. The minimum atomic E-state index is 0.390. The van der Waals surface area contributed by atoms with Crippen LogP contribution >= 0.6 is 47.0 Å². The first-order valence-corrected chi connectivity index (χ1v) is 9.08. The van der Waals surface area contributed by atoms with E-state index in [1.165, 1.54) is 0 Å². The summed E-state index contributed by atoms with van der Waals surface area (Å²) in [5.41, 5.74) is 0. The fraction of sp³-hybridized carbons (Fsp3) is 0.600. The molecule has 0 bridgehead atoms. The van der Waals surface area contributed by atoms with Crippen LogP contribution in [0.2, 0.25) is 0 Å². The van der Waals surface area contributed by atoms with Crippen LogP contribution in [0.15, 0.2) is 20.4 Å². The van der Waals surface area contributed by atoms with Crippen molar-refractivity contribution in [3.8, 4) is 0 Å². The zero-order chi connectivity index (χ0) is 11.9. The van der Waals surface area contributed by atoms with Crippen molar-refractivity contribution in [1.82, 2.24) is 0 Å². The molecule has 0 aliphatic carbocycles. The number of rotatable bonds is 1. The highest BCUT2D eigenvalue weighted by atomic mass is 32.2. The number of hydrogen-bond acceptors (Lipinski definition) is 8. The van der Waals surface area contributed by atoms with Gasteiger partial charge in [0, 0.05) is 0 Å². The zero-order valence-electron chi connectivity index (χ0n) is 9.25.